The lowest BCUT2D eigenvalue weighted by Crippen LogP contribution is -2.22. The first-order valence-electron chi connectivity index (χ1n) is 27.6. The quantitative estimate of drug-likeness (QED) is 0.0271. The Morgan fingerprint density at radius 1 is 0.535 bits per heavy atom. The average molecular weight is 1260 g/mol. The van der Waals surface area contributed by atoms with Crippen molar-refractivity contribution >= 4 is 91.1 Å². The molecule has 14 nitrogen and oxygen atoms in total. The van der Waals surface area contributed by atoms with Crippen molar-refractivity contribution in [3.8, 4) is 22.3 Å². The number of sulfone groups is 2. The second kappa shape index (κ2) is 25.1. The maximum Gasteiger partial charge on any atom is 0.183 e. The van der Waals surface area contributed by atoms with Gasteiger partial charge in [0, 0.05) is 92.1 Å². The Bertz CT molecular complexity index is 4490. The standard InChI is InChI=1S/2C31H31F3N2O5SSi/c1-5-25(37)30-23-10-9-22(29(34)31(23)36(35-30)18-40-14-15-43(2,3)4)27-24(32)11-7-20(28(27)33)17-42(38,39)21-8-6-19-12-13-41-26(19)16-21;1-5-24(37)30-22-11-10-21(29(34)31(22)36(35-30)18-40-15-16-43(2,3)4)27-23(32)12-9-19(28(27)33)17-42(38,39)26-8-6-7-25-20(26)13-14-41-25/h6-13,16H,5,14-15,17-18H2,1-4H3;6-14H,5,15-18H2,1-4H3. The minimum atomic E-state index is -4.11. The molecule has 0 bridgehead atoms. The van der Waals surface area contributed by atoms with E-state index < -0.39 is 104 Å². The lowest BCUT2D eigenvalue weighted by Gasteiger charge is -2.16. The van der Waals surface area contributed by atoms with Crippen LogP contribution >= 0.6 is 0 Å². The molecule has 4 aromatic heterocycles. The maximum atomic E-state index is 16.2. The highest BCUT2D eigenvalue weighted by Crippen LogP contribution is 2.39. The smallest absolute Gasteiger partial charge is 0.183 e. The van der Waals surface area contributed by atoms with E-state index in [9.17, 15) is 26.4 Å². The molecule has 10 rings (SSSR count). The number of rotatable bonds is 22. The van der Waals surface area contributed by atoms with Crippen molar-refractivity contribution in [2.75, 3.05) is 13.2 Å². The van der Waals surface area contributed by atoms with Gasteiger partial charge in [-0.05, 0) is 72.8 Å². The van der Waals surface area contributed by atoms with Gasteiger partial charge in [0.1, 0.15) is 70.3 Å². The Morgan fingerprint density at radius 3 is 1.50 bits per heavy atom. The fraction of sp³-hybridized carbons (Fsp3) is 0.290. The van der Waals surface area contributed by atoms with Crippen molar-refractivity contribution in [2.24, 2.45) is 0 Å². The molecule has 0 aliphatic carbocycles. The maximum absolute atomic E-state index is 16.2. The molecule has 4 heterocycles. The summed E-state index contributed by atoms with van der Waals surface area (Å²) in [5.41, 5.74) is -2.48. The van der Waals surface area contributed by atoms with Crippen molar-refractivity contribution in [1.29, 1.82) is 0 Å². The molecule has 0 unspecified atom stereocenters. The first-order valence-corrected chi connectivity index (χ1v) is 38.3. The zero-order valence-electron chi connectivity index (χ0n) is 48.4. The van der Waals surface area contributed by atoms with E-state index >= 15 is 26.3 Å². The highest BCUT2D eigenvalue weighted by Gasteiger charge is 2.30. The first-order chi connectivity index (χ1) is 40.6. The van der Waals surface area contributed by atoms with Gasteiger partial charge >= 0.3 is 0 Å². The molecular formula is C62H62F6N4O10S2Si2. The summed E-state index contributed by atoms with van der Waals surface area (Å²) in [4.78, 5) is 25.1. The van der Waals surface area contributed by atoms with Gasteiger partial charge in [0.25, 0.3) is 0 Å². The number of ketones is 2. The van der Waals surface area contributed by atoms with E-state index in [-0.39, 0.29) is 92.0 Å². The molecule has 24 heteroatoms. The minimum Gasteiger partial charge on any atom is -0.464 e. The monoisotopic (exact) mass is 1260 g/mol. The van der Waals surface area contributed by atoms with Crippen LogP contribution in [0.2, 0.25) is 51.4 Å². The summed E-state index contributed by atoms with van der Waals surface area (Å²) in [6.07, 6.45) is 3.02. The summed E-state index contributed by atoms with van der Waals surface area (Å²) in [6, 6.07) is 22.7. The van der Waals surface area contributed by atoms with Crippen LogP contribution in [0.5, 0.6) is 0 Å². The molecule has 0 saturated heterocycles. The van der Waals surface area contributed by atoms with Gasteiger partial charge in [-0.2, -0.15) is 10.2 Å². The van der Waals surface area contributed by atoms with Crippen LogP contribution in [0.4, 0.5) is 26.3 Å². The van der Waals surface area contributed by atoms with Crippen LogP contribution < -0.4 is 0 Å². The first kappa shape index (κ1) is 63.0. The van der Waals surface area contributed by atoms with E-state index in [1.54, 1.807) is 32.0 Å². The van der Waals surface area contributed by atoms with Gasteiger partial charge in [-0.3, -0.25) is 9.59 Å². The fourth-order valence-corrected chi connectivity index (χ4v) is 14.1. The van der Waals surface area contributed by atoms with Crippen LogP contribution in [0.3, 0.4) is 0 Å². The van der Waals surface area contributed by atoms with Crippen molar-refractivity contribution in [2.45, 2.75) is 113 Å². The van der Waals surface area contributed by atoms with Crippen molar-refractivity contribution in [3.63, 3.8) is 0 Å². The molecule has 0 radical (unpaired) electrons. The molecule has 0 spiro atoms. The van der Waals surface area contributed by atoms with Crippen molar-refractivity contribution in [1.82, 2.24) is 19.6 Å². The summed E-state index contributed by atoms with van der Waals surface area (Å²) >= 11 is 0. The molecule has 0 fully saturated rings. The lowest BCUT2D eigenvalue weighted by molar-refractivity contribution is 0.0801. The Hall–Kier alpha value is -7.49. The summed E-state index contributed by atoms with van der Waals surface area (Å²) in [5.74, 6) is -8.80. The highest BCUT2D eigenvalue weighted by atomic mass is 32.2. The van der Waals surface area contributed by atoms with E-state index in [1.807, 2.05) is 0 Å². The SMILES string of the molecule is CCC(=O)c1nn(COCC[Si](C)(C)C)c2c(F)c(-c3c(F)ccc(CS(=O)(=O)c4ccc5ccoc5c4)c3F)ccc12.CCC(=O)c1nn(COCC[Si](C)(C)C)c2c(F)c(-c3c(F)ccc(CS(=O)(=O)c4cccc5occc45)c3F)ccc12. The number of carbonyl (C=O) groups is 2. The zero-order chi connectivity index (χ0) is 62.2. The molecule has 0 aliphatic heterocycles. The van der Waals surface area contributed by atoms with E-state index in [4.69, 9.17) is 18.3 Å². The van der Waals surface area contributed by atoms with Gasteiger partial charge < -0.3 is 18.3 Å². The van der Waals surface area contributed by atoms with Gasteiger partial charge in [0.05, 0.1) is 44.9 Å². The summed E-state index contributed by atoms with van der Waals surface area (Å²) < 4.78 is 172. The Kier molecular flexibility index (Phi) is 18.4. The van der Waals surface area contributed by atoms with Crippen LogP contribution in [0.1, 0.15) is 58.8 Å². The third kappa shape index (κ3) is 13.2. The second-order valence-corrected chi connectivity index (χ2v) is 38.3. The van der Waals surface area contributed by atoms with Crippen molar-refractivity contribution in [3.05, 3.63) is 167 Å². The van der Waals surface area contributed by atoms with Crippen molar-refractivity contribution < 1.29 is 71.1 Å². The Balaban J connectivity index is 0.000000205. The molecule has 10 aromatic rings. The molecule has 0 atom stereocenters. The zero-order valence-corrected chi connectivity index (χ0v) is 52.1. The highest BCUT2D eigenvalue weighted by molar-refractivity contribution is 7.91. The van der Waals surface area contributed by atoms with Crippen LogP contribution in [0.15, 0.2) is 128 Å². The van der Waals surface area contributed by atoms with Gasteiger partial charge in [-0.1, -0.05) is 83.5 Å². The summed E-state index contributed by atoms with van der Waals surface area (Å²) in [6.45, 7) is 16.9. The van der Waals surface area contributed by atoms with Gasteiger partial charge in [-0.25, -0.2) is 52.5 Å². The summed E-state index contributed by atoms with van der Waals surface area (Å²) in [7, 11) is -11.0. The third-order valence-corrected chi connectivity index (χ3v) is 21.2. The van der Waals surface area contributed by atoms with Gasteiger partial charge in [-0.15, -0.1) is 0 Å². The molecule has 6 aromatic carbocycles. The van der Waals surface area contributed by atoms with Crippen LogP contribution in [-0.2, 0) is 54.1 Å². The molecule has 452 valence electrons. The number of benzene rings is 6. The van der Waals surface area contributed by atoms with Crippen LogP contribution in [0.25, 0.3) is 66.0 Å². The average Bonchev–Trinajstić information content (AvgIpc) is 1.78. The number of carbonyl (C=O) groups excluding carboxylic acids is 2. The second-order valence-electron chi connectivity index (χ2n) is 23.1. The molecule has 86 heavy (non-hydrogen) atoms. The normalized spacial score (nSPS) is 12.4. The number of hydrogen-bond acceptors (Lipinski definition) is 12. The minimum absolute atomic E-state index is 0.0333. The predicted molar refractivity (Wildman–Crippen MR) is 322 cm³/mol. The van der Waals surface area contributed by atoms with Crippen LogP contribution in [-0.4, -0.2) is 77.3 Å². The third-order valence-electron chi connectivity index (χ3n) is 14.4. The Labute approximate surface area is 494 Å². The predicted octanol–water partition coefficient (Wildman–Crippen LogP) is 15.5. The molecule has 0 saturated carbocycles. The number of halogens is 6. The van der Waals surface area contributed by atoms with Gasteiger partial charge in [0.15, 0.2) is 42.9 Å². The Morgan fingerprint density at radius 2 is 1.01 bits per heavy atom. The number of nitrogens with zero attached hydrogens (tertiary/aromatic N) is 4. The largest absolute Gasteiger partial charge is 0.464 e. The van der Waals surface area contributed by atoms with E-state index in [0.29, 0.717) is 35.2 Å². The topological polar surface area (TPSA) is 183 Å². The summed E-state index contributed by atoms with van der Waals surface area (Å²) in [5, 5.41) is 9.99. The van der Waals surface area contributed by atoms with Gasteiger partial charge in [0.2, 0.25) is 0 Å². The molecular weight excluding hydrogens is 1190 g/mol. The molecule has 0 aliphatic rings. The van der Waals surface area contributed by atoms with E-state index in [0.717, 1.165) is 36.4 Å². The number of ether oxygens (including phenoxy) is 2. The van der Waals surface area contributed by atoms with Crippen LogP contribution in [0, 0.1) is 34.9 Å². The van der Waals surface area contributed by atoms with E-state index in [1.165, 1.54) is 76.5 Å². The lowest BCUT2D eigenvalue weighted by atomic mass is 9.99. The molecule has 0 N–H and O–H groups in total. The fourth-order valence-electron chi connectivity index (χ4n) is 9.69. The number of fused-ring (bicyclic) bond motifs is 4. The number of Topliss-reactive ketones (excluding diaryl/α,β-unsaturated/α-hetero) is 2. The van der Waals surface area contributed by atoms with E-state index in [2.05, 4.69) is 49.5 Å². The number of aromatic nitrogens is 4. The number of furan rings is 2. The molecule has 0 amide bonds. The number of hydrogen-bond donors (Lipinski definition) is 0.